The highest BCUT2D eigenvalue weighted by atomic mass is 16.4. The Morgan fingerprint density at radius 2 is 2.21 bits per heavy atom. The second-order valence-corrected chi connectivity index (χ2v) is 4.34. The zero-order valence-electron chi connectivity index (χ0n) is 8.55. The van der Waals surface area contributed by atoms with Gasteiger partial charge in [0.15, 0.2) is 0 Å². The highest BCUT2D eigenvalue weighted by Gasteiger charge is 2.47. The monoisotopic (exact) mass is 193 g/mol. The van der Waals surface area contributed by atoms with Crippen LogP contribution in [0.5, 0.6) is 0 Å². The summed E-state index contributed by atoms with van der Waals surface area (Å²) in [6.45, 7) is 4.07. The Hall–Kier alpha value is -1.25. The van der Waals surface area contributed by atoms with E-state index in [1.807, 2.05) is 13.8 Å². The summed E-state index contributed by atoms with van der Waals surface area (Å²) in [6.07, 6.45) is 2.25. The van der Waals surface area contributed by atoms with Crippen LogP contribution in [0, 0.1) is 13.8 Å². The number of aryl methyl sites for hydroxylation is 2. The van der Waals surface area contributed by atoms with Crippen LogP contribution in [-0.2, 0) is 10.2 Å². The predicted octanol–water partition coefficient (Wildman–Crippen LogP) is 2.14. The average molecular weight is 193 g/mol. The molecule has 14 heavy (non-hydrogen) atoms. The summed E-state index contributed by atoms with van der Waals surface area (Å²) in [4.78, 5) is 14.0. The number of carboxylic acid groups (broad SMARTS) is 1. The first kappa shape index (κ1) is 9.31. The number of carbonyl (C=O) groups is 1. The lowest BCUT2D eigenvalue weighted by Gasteiger charge is -2.09. The van der Waals surface area contributed by atoms with E-state index in [0.717, 1.165) is 24.2 Å². The lowest BCUT2D eigenvalue weighted by molar-refractivity contribution is -0.137. The van der Waals surface area contributed by atoms with Crippen LogP contribution >= 0.6 is 0 Å². The summed E-state index contributed by atoms with van der Waals surface area (Å²) in [7, 11) is 0. The van der Waals surface area contributed by atoms with Gasteiger partial charge in [-0.15, -0.1) is 0 Å². The Balaban J connectivity index is 2.26. The van der Waals surface area contributed by atoms with Gasteiger partial charge in [-0.3, -0.25) is 4.79 Å². The fourth-order valence-corrected chi connectivity index (χ4v) is 1.93. The van der Waals surface area contributed by atoms with Gasteiger partial charge in [0.05, 0.1) is 6.42 Å². The lowest BCUT2D eigenvalue weighted by Crippen LogP contribution is -2.13. The van der Waals surface area contributed by atoms with Crippen molar-refractivity contribution in [2.45, 2.75) is 38.5 Å². The molecule has 1 aromatic heterocycles. The van der Waals surface area contributed by atoms with Crippen LogP contribution in [0.3, 0.4) is 0 Å². The molecule has 0 unspecified atom stereocenters. The Morgan fingerprint density at radius 1 is 1.57 bits per heavy atom. The molecule has 3 nitrogen and oxygen atoms in total. The summed E-state index contributed by atoms with van der Waals surface area (Å²) in [5.74, 6) is -0.701. The van der Waals surface area contributed by atoms with E-state index in [4.69, 9.17) is 5.11 Å². The topological polar surface area (TPSA) is 53.1 Å². The Bertz CT molecular complexity index is 355. The summed E-state index contributed by atoms with van der Waals surface area (Å²) >= 11 is 0. The largest absolute Gasteiger partial charge is 0.481 e. The van der Waals surface area contributed by atoms with E-state index in [-0.39, 0.29) is 11.8 Å². The second kappa shape index (κ2) is 2.87. The first-order valence-corrected chi connectivity index (χ1v) is 4.92. The van der Waals surface area contributed by atoms with Crippen molar-refractivity contribution in [3.8, 4) is 0 Å². The third kappa shape index (κ3) is 1.43. The third-order valence-corrected chi connectivity index (χ3v) is 3.19. The van der Waals surface area contributed by atoms with E-state index in [0.29, 0.717) is 0 Å². The van der Waals surface area contributed by atoms with Crippen LogP contribution in [-0.4, -0.2) is 16.1 Å². The molecule has 2 rings (SSSR count). The summed E-state index contributed by atoms with van der Waals surface area (Å²) in [6, 6.07) is 2.09. The fourth-order valence-electron chi connectivity index (χ4n) is 1.93. The van der Waals surface area contributed by atoms with Crippen molar-refractivity contribution < 1.29 is 9.90 Å². The zero-order valence-corrected chi connectivity index (χ0v) is 8.55. The molecule has 1 heterocycles. The molecule has 0 spiro atoms. The van der Waals surface area contributed by atoms with E-state index in [9.17, 15) is 4.79 Å². The maximum Gasteiger partial charge on any atom is 0.304 e. The van der Waals surface area contributed by atoms with Crippen molar-refractivity contribution in [2.75, 3.05) is 0 Å². The minimum Gasteiger partial charge on any atom is -0.481 e. The van der Waals surface area contributed by atoms with Gasteiger partial charge in [0.25, 0.3) is 0 Å². The molecule has 0 aromatic carbocycles. The van der Waals surface area contributed by atoms with Crippen LogP contribution in [0.2, 0.25) is 0 Å². The standard InChI is InChI=1S/C11H15NO2/c1-7-5-9(12-8(7)2)11(3-4-11)6-10(13)14/h5,12H,3-4,6H2,1-2H3,(H,13,14). The molecule has 2 N–H and O–H groups in total. The summed E-state index contributed by atoms with van der Waals surface area (Å²) < 4.78 is 0. The number of H-pyrrole nitrogens is 1. The number of hydrogen-bond donors (Lipinski definition) is 2. The van der Waals surface area contributed by atoms with Crippen LogP contribution in [0.25, 0.3) is 0 Å². The molecular formula is C11H15NO2. The van der Waals surface area contributed by atoms with Gasteiger partial charge in [-0.1, -0.05) is 0 Å². The molecule has 0 atom stereocenters. The quantitative estimate of drug-likeness (QED) is 0.772. The van der Waals surface area contributed by atoms with Crippen LogP contribution in [0.4, 0.5) is 0 Å². The molecule has 1 aliphatic rings. The third-order valence-electron chi connectivity index (χ3n) is 3.19. The number of rotatable bonds is 3. The van der Waals surface area contributed by atoms with Gasteiger partial charge in [-0.05, 0) is 38.3 Å². The molecule has 1 saturated carbocycles. The number of aliphatic carboxylic acids is 1. The molecule has 0 radical (unpaired) electrons. The van der Waals surface area contributed by atoms with E-state index in [1.165, 1.54) is 5.56 Å². The highest BCUT2D eigenvalue weighted by molar-refractivity contribution is 5.70. The number of aromatic nitrogens is 1. The van der Waals surface area contributed by atoms with Crippen LogP contribution < -0.4 is 0 Å². The SMILES string of the molecule is Cc1cc(C2(CC(=O)O)CC2)[nH]c1C. The molecule has 76 valence electrons. The van der Waals surface area contributed by atoms with Gasteiger partial charge >= 0.3 is 5.97 Å². The van der Waals surface area contributed by atoms with Gasteiger partial charge in [0.2, 0.25) is 0 Å². The number of carboxylic acids is 1. The Kier molecular flexibility index (Phi) is 1.91. The molecule has 0 aliphatic heterocycles. The van der Waals surface area contributed by atoms with Gasteiger partial charge in [-0.2, -0.15) is 0 Å². The normalized spacial score (nSPS) is 18.1. The van der Waals surface area contributed by atoms with Crippen molar-refractivity contribution in [1.29, 1.82) is 0 Å². The van der Waals surface area contributed by atoms with Crippen molar-refractivity contribution >= 4 is 5.97 Å². The second-order valence-electron chi connectivity index (χ2n) is 4.34. The van der Waals surface area contributed by atoms with Gasteiger partial charge in [0, 0.05) is 16.8 Å². The minimum absolute atomic E-state index is 0.0785. The molecule has 1 aliphatic carbocycles. The molecule has 1 aromatic rings. The molecule has 3 heteroatoms. The molecule has 1 fully saturated rings. The Labute approximate surface area is 83.1 Å². The highest BCUT2D eigenvalue weighted by Crippen LogP contribution is 2.50. The molecular weight excluding hydrogens is 178 g/mol. The van der Waals surface area contributed by atoms with Crippen LogP contribution in [0.1, 0.15) is 36.2 Å². The molecule has 0 saturated heterocycles. The van der Waals surface area contributed by atoms with Gasteiger partial charge in [-0.25, -0.2) is 0 Å². The van der Waals surface area contributed by atoms with E-state index >= 15 is 0 Å². The van der Waals surface area contributed by atoms with Gasteiger partial charge < -0.3 is 10.1 Å². The van der Waals surface area contributed by atoms with Crippen LogP contribution in [0.15, 0.2) is 6.07 Å². The molecule has 0 amide bonds. The minimum atomic E-state index is -0.701. The fraction of sp³-hybridized carbons (Fsp3) is 0.545. The van der Waals surface area contributed by atoms with Crippen molar-refractivity contribution in [1.82, 2.24) is 4.98 Å². The van der Waals surface area contributed by atoms with Gasteiger partial charge in [0.1, 0.15) is 0 Å². The van der Waals surface area contributed by atoms with E-state index in [2.05, 4.69) is 11.1 Å². The predicted molar refractivity (Wildman–Crippen MR) is 53.4 cm³/mol. The number of aromatic amines is 1. The first-order valence-electron chi connectivity index (χ1n) is 4.92. The van der Waals surface area contributed by atoms with E-state index < -0.39 is 5.97 Å². The summed E-state index contributed by atoms with van der Waals surface area (Å²) in [5.41, 5.74) is 3.40. The van der Waals surface area contributed by atoms with Crippen molar-refractivity contribution in [2.24, 2.45) is 0 Å². The number of hydrogen-bond acceptors (Lipinski definition) is 1. The first-order chi connectivity index (χ1) is 6.53. The molecule has 0 bridgehead atoms. The maximum atomic E-state index is 10.7. The Morgan fingerprint density at radius 3 is 2.57 bits per heavy atom. The number of nitrogens with one attached hydrogen (secondary N) is 1. The smallest absolute Gasteiger partial charge is 0.304 e. The average Bonchev–Trinajstić information content (AvgIpc) is 2.75. The van der Waals surface area contributed by atoms with E-state index in [1.54, 1.807) is 0 Å². The zero-order chi connectivity index (χ0) is 10.3. The lowest BCUT2D eigenvalue weighted by atomic mass is 9.98. The maximum absolute atomic E-state index is 10.7. The van der Waals surface area contributed by atoms with Crippen molar-refractivity contribution in [3.63, 3.8) is 0 Å². The summed E-state index contributed by atoms with van der Waals surface area (Å²) in [5, 5.41) is 8.81. The van der Waals surface area contributed by atoms with Crippen molar-refractivity contribution in [3.05, 3.63) is 23.0 Å².